The molecular formula is C21H21BrN4O2. The van der Waals surface area contributed by atoms with Crippen molar-refractivity contribution in [3.63, 3.8) is 0 Å². The maximum Gasteiger partial charge on any atom is 0.263 e. The summed E-state index contributed by atoms with van der Waals surface area (Å²) in [7, 11) is 0. The van der Waals surface area contributed by atoms with Crippen LogP contribution in [-0.2, 0) is 30.7 Å². The van der Waals surface area contributed by atoms with Crippen molar-refractivity contribution in [2.24, 2.45) is 5.92 Å². The minimum Gasteiger partial charge on any atom is -0.350 e. The van der Waals surface area contributed by atoms with E-state index in [4.69, 9.17) is 0 Å². The van der Waals surface area contributed by atoms with Gasteiger partial charge in [0.1, 0.15) is 12.9 Å². The normalized spacial score (nSPS) is 16.0. The molecule has 28 heavy (non-hydrogen) atoms. The van der Waals surface area contributed by atoms with Crippen LogP contribution in [0.5, 0.6) is 0 Å². The van der Waals surface area contributed by atoms with Gasteiger partial charge in [-0.1, -0.05) is 35.0 Å². The molecule has 1 amide bonds. The van der Waals surface area contributed by atoms with Crippen molar-refractivity contribution >= 4 is 32.9 Å². The number of benzene rings is 1. The molecule has 6 nitrogen and oxygen atoms in total. The fraction of sp³-hybridized carbons (Fsp3) is 0.333. The Bertz CT molecular complexity index is 1110. The molecule has 0 aliphatic heterocycles. The average Bonchev–Trinajstić information content (AvgIpc) is 2.68. The molecule has 1 aliphatic carbocycles. The number of amides is 1. The number of carbonyl (C=O) groups is 1. The van der Waals surface area contributed by atoms with Gasteiger partial charge in [-0.05, 0) is 54.5 Å². The third kappa shape index (κ3) is 3.99. The molecule has 3 aromatic rings. The summed E-state index contributed by atoms with van der Waals surface area (Å²) in [6.07, 6.45) is 4.38. The van der Waals surface area contributed by atoms with Gasteiger partial charge in [-0.15, -0.1) is 0 Å². The van der Waals surface area contributed by atoms with Crippen LogP contribution < -0.4 is 10.9 Å². The van der Waals surface area contributed by atoms with E-state index in [2.05, 4.69) is 38.1 Å². The molecule has 1 N–H and O–H groups in total. The molecule has 0 saturated carbocycles. The second-order valence-corrected chi connectivity index (χ2v) is 8.31. The van der Waals surface area contributed by atoms with Gasteiger partial charge in [-0.25, -0.2) is 9.97 Å². The fourth-order valence-electron chi connectivity index (χ4n) is 3.59. The zero-order valence-corrected chi connectivity index (χ0v) is 17.2. The molecule has 2 heterocycles. The Morgan fingerprint density at radius 2 is 2.21 bits per heavy atom. The van der Waals surface area contributed by atoms with E-state index in [0.717, 1.165) is 40.6 Å². The molecule has 0 radical (unpaired) electrons. The summed E-state index contributed by atoms with van der Waals surface area (Å²) in [6.45, 7) is 2.55. The number of carbonyl (C=O) groups excluding carboxylic acids is 1. The standard InChI is InChI=1S/C21H21BrN4O2/c1-13-5-6-18-15(7-13)9-17-20(25-18)24-12-26(21(17)28)11-19(27)23-10-14-3-2-4-16(22)8-14/h2-4,8-9,12-13H,5-7,10-11H2,1H3,(H,23,27)/t13-/m0/s1. The van der Waals surface area contributed by atoms with E-state index in [0.29, 0.717) is 23.5 Å². The number of rotatable bonds is 4. The lowest BCUT2D eigenvalue weighted by atomic mass is 9.87. The smallest absolute Gasteiger partial charge is 0.263 e. The van der Waals surface area contributed by atoms with Gasteiger partial charge in [0.05, 0.1) is 5.39 Å². The lowest BCUT2D eigenvalue weighted by Gasteiger charge is -2.20. The number of nitrogens with one attached hydrogen (secondary N) is 1. The highest BCUT2D eigenvalue weighted by molar-refractivity contribution is 9.10. The van der Waals surface area contributed by atoms with Crippen LogP contribution in [0.15, 0.2) is 45.9 Å². The topological polar surface area (TPSA) is 76.9 Å². The minimum absolute atomic E-state index is 0.0662. The van der Waals surface area contributed by atoms with Gasteiger partial charge in [0.25, 0.3) is 5.56 Å². The Labute approximate surface area is 171 Å². The summed E-state index contributed by atoms with van der Waals surface area (Å²) in [4.78, 5) is 34.1. The minimum atomic E-state index is -0.234. The zero-order valence-electron chi connectivity index (χ0n) is 15.6. The molecule has 2 aromatic heterocycles. The van der Waals surface area contributed by atoms with E-state index in [1.807, 2.05) is 30.3 Å². The number of fused-ring (bicyclic) bond motifs is 2. The van der Waals surface area contributed by atoms with E-state index in [1.54, 1.807) is 0 Å². The van der Waals surface area contributed by atoms with Gasteiger partial charge in [0.2, 0.25) is 5.91 Å². The number of hydrogen-bond acceptors (Lipinski definition) is 4. The number of hydrogen-bond donors (Lipinski definition) is 1. The lowest BCUT2D eigenvalue weighted by Crippen LogP contribution is -2.32. The van der Waals surface area contributed by atoms with Gasteiger partial charge in [0.15, 0.2) is 5.65 Å². The van der Waals surface area contributed by atoms with E-state index in [9.17, 15) is 9.59 Å². The number of aromatic nitrogens is 3. The Balaban J connectivity index is 1.53. The number of nitrogens with zero attached hydrogens (tertiary/aromatic N) is 3. The predicted octanol–water partition coefficient (Wildman–Crippen LogP) is 3.00. The lowest BCUT2D eigenvalue weighted by molar-refractivity contribution is -0.121. The van der Waals surface area contributed by atoms with E-state index in [-0.39, 0.29) is 18.0 Å². The molecule has 0 bridgehead atoms. The van der Waals surface area contributed by atoms with Crippen LogP contribution in [0, 0.1) is 5.92 Å². The summed E-state index contributed by atoms with van der Waals surface area (Å²) in [5, 5.41) is 3.32. The molecule has 0 saturated heterocycles. The van der Waals surface area contributed by atoms with Crippen molar-refractivity contribution in [1.82, 2.24) is 19.9 Å². The van der Waals surface area contributed by atoms with E-state index >= 15 is 0 Å². The molecule has 0 spiro atoms. The van der Waals surface area contributed by atoms with Crippen LogP contribution in [0.2, 0.25) is 0 Å². The zero-order chi connectivity index (χ0) is 19.7. The first kappa shape index (κ1) is 18.8. The summed E-state index contributed by atoms with van der Waals surface area (Å²) in [5.74, 6) is 0.359. The molecule has 1 aliphatic rings. The molecule has 0 unspecified atom stereocenters. The van der Waals surface area contributed by atoms with Gasteiger partial charge in [-0.2, -0.15) is 0 Å². The number of halogens is 1. The summed E-state index contributed by atoms with van der Waals surface area (Å²) in [5.41, 5.74) is 3.39. The highest BCUT2D eigenvalue weighted by Gasteiger charge is 2.19. The van der Waals surface area contributed by atoms with E-state index in [1.165, 1.54) is 10.9 Å². The van der Waals surface area contributed by atoms with Crippen LogP contribution in [0.4, 0.5) is 0 Å². The summed E-state index contributed by atoms with van der Waals surface area (Å²) < 4.78 is 2.30. The first-order chi connectivity index (χ1) is 13.5. The van der Waals surface area contributed by atoms with Crippen molar-refractivity contribution in [3.05, 3.63) is 68.3 Å². The monoisotopic (exact) mass is 440 g/mol. The SMILES string of the molecule is C[C@H]1CCc2nc3ncn(CC(=O)NCc4cccc(Br)c4)c(=O)c3cc2C1. The first-order valence-corrected chi connectivity index (χ1v) is 10.2. The van der Waals surface area contributed by atoms with Crippen molar-refractivity contribution < 1.29 is 4.79 Å². The van der Waals surface area contributed by atoms with Crippen molar-refractivity contribution in [2.45, 2.75) is 39.3 Å². The molecule has 0 fully saturated rings. The van der Waals surface area contributed by atoms with Crippen molar-refractivity contribution in [2.75, 3.05) is 0 Å². The van der Waals surface area contributed by atoms with Crippen molar-refractivity contribution in [1.29, 1.82) is 0 Å². The number of pyridine rings is 1. The van der Waals surface area contributed by atoms with Crippen LogP contribution >= 0.6 is 15.9 Å². The Morgan fingerprint density at radius 3 is 3.04 bits per heavy atom. The summed E-state index contributed by atoms with van der Waals surface area (Å²) >= 11 is 3.41. The molecule has 144 valence electrons. The van der Waals surface area contributed by atoms with Gasteiger partial charge in [-0.3, -0.25) is 14.2 Å². The van der Waals surface area contributed by atoms with Gasteiger partial charge in [0, 0.05) is 16.7 Å². The Kier molecular flexibility index (Phi) is 5.26. The highest BCUT2D eigenvalue weighted by atomic mass is 79.9. The van der Waals surface area contributed by atoms with Crippen LogP contribution in [0.3, 0.4) is 0 Å². The van der Waals surface area contributed by atoms with Crippen LogP contribution in [0.1, 0.15) is 30.2 Å². The number of aryl methyl sites for hydroxylation is 1. The van der Waals surface area contributed by atoms with E-state index < -0.39 is 0 Å². The second kappa shape index (κ2) is 7.83. The molecule has 1 aromatic carbocycles. The first-order valence-electron chi connectivity index (χ1n) is 9.38. The average molecular weight is 441 g/mol. The predicted molar refractivity (Wildman–Crippen MR) is 111 cm³/mol. The molecule has 7 heteroatoms. The van der Waals surface area contributed by atoms with Crippen LogP contribution in [0.25, 0.3) is 11.0 Å². The maximum atomic E-state index is 12.8. The highest BCUT2D eigenvalue weighted by Crippen LogP contribution is 2.25. The maximum absolute atomic E-state index is 12.8. The third-order valence-electron chi connectivity index (χ3n) is 5.12. The Hall–Kier alpha value is -2.54. The largest absolute Gasteiger partial charge is 0.350 e. The molecule has 4 rings (SSSR count). The van der Waals surface area contributed by atoms with Gasteiger partial charge < -0.3 is 5.32 Å². The fourth-order valence-corrected chi connectivity index (χ4v) is 4.04. The molecular weight excluding hydrogens is 420 g/mol. The second-order valence-electron chi connectivity index (χ2n) is 7.40. The van der Waals surface area contributed by atoms with Gasteiger partial charge >= 0.3 is 0 Å². The van der Waals surface area contributed by atoms with Crippen LogP contribution in [-0.4, -0.2) is 20.4 Å². The summed E-state index contributed by atoms with van der Waals surface area (Å²) in [6, 6.07) is 9.64. The quantitative estimate of drug-likeness (QED) is 0.676. The molecule has 1 atom stereocenters. The Morgan fingerprint density at radius 1 is 1.36 bits per heavy atom. The van der Waals surface area contributed by atoms with Crippen molar-refractivity contribution in [3.8, 4) is 0 Å². The third-order valence-corrected chi connectivity index (χ3v) is 5.61.